The van der Waals surface area contributed by atoms with Gasteiger partial charge in [0.05, 0.1) is 4.90 Å². The maximum atomic E-state index is 11.4. The lowest BCUT2D eigenvalue weighted by Gasteiger charge is -2.12. The lowest BCUT2D eigenvalue weighted by molar-refractivity contribution is 0.598. The van der Waals surface area contributed by atoms with Crippen LogP contribution >= 0.6 is 28.1 Å². The van der Waals surface area contributed by atoms with Crippen molar-refractivity contribution >= 4 is 54.5 Å². The first-order valence-electron chi connectivity index (χ1n) is 5.76. The first-order chi connectivity index (χ1) is 9.77. The fraction of sp³-hybridized carbons (Fsp3) is 0. The molecule has 0 atom stereocenters. The number of anilines is 2. The molecule has 0 heterocycles. The topological polar surface area (TPSA) is 98.2 Å². The highest BCUT2D eigenvalue weighted by atomic mass is 79.9. The van der Waals surface area contributed by atoms with Gasteiger partial charge in [-0.25, -0.2) is 13.6 Å². The van der Waals surface area contributed by atoms with Crippen LogP contribution in [0.1, 0.15) is 5.56 Å². The molecule has 2 aromatic carbocycles. The molecule has 110 valence electrons. The third-order valence-corrected chi connectivity index (χ3v) is 4.31. The van der Waals surface area contributed by atoms with Crippen LogP contribution in [0.4, 0.5) is 11.4 Å². The van der Waals surface area contributed by atoms with Gasteiger partial charge < -0.3 is 11.1 Å². The van der Waals surface area contributed by atoms with Crippen molar-refractivity contribution in [2.75, 3.05) is 5.32 Å². The molecule has 0 saturated carbocycles. The van der Waals surface area contributed by atoms with Crippen LogP contribution < -0.4 is 16.2 Å². The molecule has 0 aliphatic rings. The molecule has 5 nitrogen and oxygen atoms in total. The Morgan fingerprint density at radius 2 is 1.90 bits per heavy atom. The van der Waals surface area contributed by atoms with E-state index < -0.39 is 10.0 Å². The van der Waals surface area contributed by atoms with Crippen molar-refractivity contribution in [1.82, 2.24) is 0 Å². The fourth-order valence-corrected chi connectivity index (χ4v) is 2.84. The maximum absolute atomic E-state index is 11.4. The number of thiocarbonyl (C=S) groups is 1. The van der Waals surface area contributed by atoms with E-state index in [1.165, 1.54) is 12.1 Å². The van der Waals surface area contributed by atoms with Gasteiger partial charge in [-0.2, -0.15) is 0 Å². The van der Waals surface area contributed by atoms with Crippen molar-refractivity contribution in [3.05, 3.63) is 52.5 Å². The van der Waals surface area contributed by atoms with Gasteiger partial charge in [0, 0.05) is 21.4 Å². The normalized spacial score (nSPS) is 11.1. The summed E-state index contributed by atoms with van der Waals surface area (Å²) in [6.07, 6.45) is 0. The van der Waals surface area contributed by atoms with Crippen molar-refractivity contribution in [2.45, 2.75) is 4.90 Å². The van der Waals surface area contributed by atoms with Gasteiger partial charge in [0.1, 0.15) is 4.99 Å². The molecule has 0 saturated heterocycles. The molecule has 21 heavy (non-hydrogen) atoms. The molecule has 0 amide bonds. The largest absolute Gasteiger partial charge is 0.389 e. The first-order valence-corrected chi connectivity index (χ1v) is 8.51. The van der Waals surface area contributed by atoms with Crippen LogP contribution in [0.15, 0.2) is 51.8 Å². The average molecular weight is 386 g/mol. The lowest BCUT2D eigenvalue weighted by Crippen LogP contribution is -2.13. The minimum Gasteiger partial charge on any atom is -0.389 e. The van der Waals surface area contributed by atoms with Gasteiger partial charge in [-0.1, -0.05) is 34.2 Å². The quantitative estimate of drug-likeness (QED) is 0.702. The minimum atomic E-state index is -3.75. The molecule has 2 aromatic rings. The Labute approximate surface area is 136 Å². The van der Waals surface area contributed by atoms with E-state index in [4.69, 9.17) is 23.1 Å². The number of hydrogen-bond acceptors (Lipinski definition) is 4. The van der Waals surface area contributed by atoms with E-state index in [1.54, 1.807) is 24.3 Å². The Kier molecular flexibility index (Phi) is 4.62. The van der Waals surface area contributed by atoms with E-state index in [0.717, 1.165) is 4.47 Å². The minimum absolute atomic E-state index is 0.0272. The third kappa shape index (κ3) is 4.01. The van der Waals surface area contributed by atoms with E-state index >= 15 is 0 Å². The molecule has 0 radical (unpaired) electrons. The number of hydrogen-bond donors (Lipinski definition) is 3. The zero-order chi connectivity index (χ0) is 15.6. The van der Waals surface area contributed by atoms with Crippen LogP contribution in [0, 0.1) is 0 Å². The number of primary sulfonamides is 1. The Morgan fingerprint density at radius 1 is 1.19 bits per heavy atom. The third-order valence-electron chi connectivity index (χ3n) is 2.69. The maximum Gasteiger partial charge on any atom is 0.238 e. The van der Waals surface area contributed by atoms with E-state index in [9.17, 15) is 8.42 Å². The van der Waals surface area contributed by atoms with Crippen molar-refractivity contribution < 1.29 is 8.42 Å². The van der Waals surface area contributed by atoms with Crippen LogP contribution in [-0.2, 0) is 10.0 Å². The predicted molar refractivity (Wildman–Crippen MR) is 91.1 cm³/mol. The molecule has 0 aliphatic carbocycles. The zero-order valence-corrected chi connectivity index (χ0v) is 13.9. The van der Waals surface area contributed by atoms with Crippen LogP contribution in [-0.4, -0.2) is 13.4 Å². The number of nitrogens with two attached hydrogens (primary N) is 2. The highest BCUT2D eigenvalue weighted by molar-refractivity contribution is 9.10. The molecule has 2 rings (SSSR count). The summed E-state index contributed by atoms with van der Waals surface area (Å²) in [4.78, 5) is 0.270. The summed E-state index contributed by atoms with van der Waals surface area (Å²) in [5.41, 5.74) is 7.58. The smallest absolute Gasteiger partial charge is 0.238 e. The predicted octanol–water partition coefficient (Wildman–Crippen LogP) is 2.47. The first kappa shape index (κ1) is 15.9. The second-order valence-corrected chi connectivity index (χ2v) is 7.17. The van der Waals surface area contributed by atoms with E-state index in [0.29, 0.717) is 16.9 Å². The summed E-state index contributed by atoms with van der Waals surface area (Å²) in [5.74, 6) is 0. The van der Waals surface area contributed by atoms with Gasteiger partial charge in [0.15, 0.2) is 0 Å². The van der Waals surface area contributed by atoms with Crippen LogP contribution in [0.25, 0.3) is 0 Å². The summed E-state index contributed by atoms with van der Waals surface area (Å²) in [5, 5.41) is 8.21. The number of halogens is 1. The Hall–Kier alpha value is -1.48. The van der Waals surface area contributed by atoms with Gasteiger partial charge in [0.25, 0.3) is 0 Å². The average Bonchev–Trinajstić information content (AvgIpc) is 2.37. The molecular formula is C13H12BrN3O2S2. The molecular weight excluding hydrogens is 374 g/mol. The highest BCUT2D eigenvalue weighted by Gasteiger charge is 2.10. The number of sulfonamides is 1. The second-order valence-electron chi connectivity index (χ2n) is 4.25. The van der Waals surface area contributed by atoms with E-state index in [-0.39, 0.29) is 9.88 Å². The van der Waals surface area contributed by atoms with Crippen LogP contribution in [0.3, 0.4) is 0 Å². The summed E-state index contributed by atoms with van der Waals surface area (Å²) < 4.78 is 23.6. The van der Waals surface area contributed by atoms with Crippen molar-refractivity contribution in [3.8, 4) is 0 Å². The van der Waals surface area contributed by atoms with Crippen molar-refractivity contribution in [2.24, 2.45) is 10.9 Å². The molecule has 8 heteroatoms. The Balaban J connectivity index is 2.43. The van der Waals surface area contributed by atoms with Gasteiger partial charge in [0.2, 0.25) is 10.0 Å². The number of benzene rings is 2. The summed E-state index contributed by atoms with van der Waals surface area (Å²) >= 11 is 8.37. The molecule has 0 aromatic heterocycles. The van der Waals surface area contributed by atoms with Crippen LogP contribution in [0.2, 0.25) is 0 Å². The molecule has 5 N–H and O–H groups in total. The monoisotopic (exact) mass is 385 g/mol. The van der Waals surface area contributed by atoms with Crippen molar-refractivity contribution in [3.63, 3.8) is 0 Å². The lowest BCUT2D eigenvalue weighted by atomic mass is 10.1. The molecule has 0 bridgehead atoms. The zero-order valence-electron chi connectivity index (χ0n) is 10.7. The SMILES string of the molecule is NC(=S)c1ccc(Br)cc1Nc1cccc(S(N)(=O)=O)c1. The Bertz CT molecular complexity index is 807. The standard InChI is InChI=1S/C13H12BrN3O2S2/c14-8-4-5-11(13(15)20)12(6-8)17-9-2-1-3-10(7-9)21(16,18)19/h1-7,17H,(H2,15,20)(H2,16,18,19). The molecule has 0 unspecified atom stereocenters. The Morgan fingerprint density at radius 3 is 2.52 bits per heavy atom. The number of nitrogens with one attached hydrogen (secondary N) is 1. The molecule has 0 aliphatic heterocycles. The van der Waals surface area contributed by atoms with Crippen molar-refractivity contribution in [1.29, 1.82) is 0 Å². The number of rotatable bonds is 4. The molecule has 0 fully saturated rings. The van der Waals surface area contributed by atoms with E-state index in [1.807, 2.05) is 6.07 Å². The van der Waals surface area contributed by atoms with Gasteiger partial charge >= 0.3 is 0 Å². The summed E-state index contributed by atoms with van der Waals surface area (Å²) in [6.45, 7) is 0. The molecule has 0 spiro atoms. The summed E-state index contributed by atoms with van der Waals surface area (Å²) in [7, 11) is -3.75. The van der Waals surface area contributed by atoms with Crippen LogP contribution in [0.5, 0.6) is 0 Å². The second kappa shape index (κ2) is 6.10. The van der Waals surface area contributed by atoms with Gasteiger partial charge in [-0.15, -0.1) is 0 Å². The summed E-state index contributed by atoms with van der Waals surface area (Å²) in [6, 6.07) is 11.6. The fourth-order valence-electron chi connectivity index (χ4n) is 1.74. The van der Waals surface area contributed by atoms with Gasteiger partial charge in [-0.3, -0.25) is 0 Å². The van der Waals surface area contributed by atoms with E-state index in [2.05, 4.69) is 21.2 Å². The highest BCUT2D eigenvalue weighted by Crippen LogP contribution is 2.26. The van der Waals surface area contributed by atoms with Gasteiger partial charge in [-0.05, 0) is 36.4 Å².